The van der Waals surface area contributed by atoms with Crippen molar-refractivity contribution in [1.82, 2.24) is 9.29 Å². The molecule has 10 heteroatoms. The maximum absolute atomic E-state index is 13.1. The number of carbonyl (C=O) groups excluding carboxylic acids is 1. The fraction of sp³-hybridized carbons (Fsp3) is 0.333. The Labute approximate surface area is 168 Å². The van der Waals surface area contributed by atoms with Crippen molar-refractivity contribution in [1.29, 1.82) is 0 Å². The number of carbonyl (C=O) groups is 1. The summed E-state index contributed by atoms with van der Waals surface area (Å²) in [6.45, 7) is 1.45. The Balaban J connectivity index is 1.94. The molecule has 1 aromatic carbocycles. The third kappa shape index (κ3) is 4.61. The Morgan fingerprint density at radius 1 is 1.29 bits per heavy atom. The highest BCUT2D eigenvalue weighted by Crippen LogP contribution is 2.26. The number of aromatic nitrogens is 1. The first-order valence-corrected chi connectivity index (χ1v) is 10.4. The Morgan fingerprint density at radius 2 is 1.96 bits per heavy atom. The molecule has 3 rings (SSSR count). The molecule has 1 aliphatic heterocycles. The van der Waals surface area contributed by atoms with Crippen molar-refractivity contribution in [3.8, 4) is 0 Å². The fourth-order valence-electron chi connectivity index (χ4n) is 2.72. The van der Waals surface area contributed by atoms with Crippen molar-refractivity contribution in [3.05, 3.63) is 52.7 Å². The molecule has 8 nitrogen and oxygen atoms in total. The summed E-state index contributed by atoms with van der Waals surface area (Å²) in [6, 6.07) is 8.44. The van der Waals surface area contributed by atoms with Gasteiger partial charge in [-0.25, -0.2) is 18.2 Å². The van der Waals surface area contributed by atoms with Crippen LogP contribution in [0.2, 0.25) is 5.02 Å². The highest BCUT2D eigenvalue weighted by Gasteiger charge is 2.30. The summed E-state index contributed by atoms with van der Waals surface area (Å²) in [6.07, 6.45) is 1.29. The number of morpholine rings is 1. The number of methoxy groups -OCH3 is 1. The smallest absolute Gasteiger partial charge is 0.339 e. The van der Waals surface area contributed by atoms with Gasteiger partial charge in [-0.2, -0.15) is 4.31 Å². The van der Waals surface area contributed by atoms with Crippen LogP contribution >= 0.6 is 11.6 Å². The van der Waals surface area contributed by atoms with Gasteiger partial charge in [-0.05, 0) is 23.8 Å². The van der Waals surface area contributed by atoms with E-state index in [9.17, 15) is 13.2 Å². The molecule has 1 saturated heterocycles. The van der Waals surface area contributed by atoms with Crippen LogP contribution < -0.4 is 5.32 Å². The van der Waals surface area contributed by atoms with Crippen LogP contribution in [0.4, 0.5) is 5.82 Å². The quantitative estimate of drug-likeness (QED) is 0.708. The lowest BCUT2D eigenvalue weighted by Crippen LogP contribution is -2.41. The van der Waals surface area contributed by atoms with Crippen LogP contribution in [0.25, 0.3) is 0 Å². The molecule has 0 saturated carbocycles. The van der Waals surface area contributed by atoms with Crippen LogP contribution in [0.3, 0.4) is 0 Å². The second-order valence-electron chi connectivity index (χ2n) is 6.06. The number of benzene rings is 1. The average molecular weight is 426 g/mol. The van der Waals surface area contributed by atoms with E-state index in [0.717, 1.165) is 5.56 Å². The molecule has 0 atom stereocenters. The van der Waals surface area contributed by atoms with E-state index in [0.29, 0.717) is 24.8 Å². The van der Waals surface area contributed by atoms with Gasteiger partial charge >= 0.3 is 5.97 Å². The average Bonchev–Trinajstić information content (AvgIpc) is 2.73. The molecule has 1 aliphatic rings. The van der Waals surface area contributed by atoms with Gasteiger partial charge in [0.1, 0.15) is 10.7 Å². The summed E-state index contributed by atoms with van der Waals surface area (Å²) in [5.74, 6) is -0.496. The Hall–Kier alpha value is -2.20. The molecule has 2 aromatic rings. The van der Waals surface area contributed by atoms with Gasteiger partial charge in [0.15, 0.2) is 0 Å². The van der Waals surface area contributed by atoms with Gasteiger partial charge in [0.25, 0.3) is 0 Å². The second-order valence-corrected chi connectivity index (χ2v) is 8.40. The number of pyridine rings is 1. The summed E-state index contributed by atoms with van der Waals surface area (Å²) in [5.41, 5.74) is 0.962. The normalized spacial score (nSPS) is 15.2. The van der Waals surface area contributed by atoms with Gasteiger partial charge in [0, 0.05) is 30.9 Å². The monoisotopic (exact) mass is 425 g/mol. The number of esters is 1. The van der Waals surface area contributed by atoms with Crippen LogP contribution in [-0.2, 0) is 26.0 Å². The Kier molecular flexibility index (Phi) is 6.50. The van der Waals surface area contributed by atoms with Crippen molar-refractivity contribution in [2.24, 2.45) is 0 Å². The van der Waals surface area contributed by atoms with Gasteiger partial charge in [-0.3, -0.25) is 0 Å². The maximum atomic E-state index is 13.1. The van der Waals surface area contributed by atoms with Crippen LogP contribution in [0, 0.1) is 0 Å². The van der Waals surface area contributed by atoms with Crippen molar-refractivity contribution < 1.29 is 22.7 Å². The predicted octanol–water partition coefficient (Wildman–Crippen LogP) is 2.15. The van der Waals surface area contributed by atoms with Crippen molar-refractivity contribution in [2.45, 2.75) is 11.4 Å². The third-order valence-corrected chi connectivity index (χ3v) is 6.40. The van der Waals surface area contributed by atoms with Crippen LogP contribution in [0.1, 0.15) is 15.9 Å². The van der Waals surface area contributed by atoms with E-state index in [4.69, 9.17) is 16.3 Å². The number of hydrogen-bond donors (Lipinski definition) is 1. The van der Waals surface area contributed by atoms with Gasteiger partial charge in [-0.15, -0.1) is 0 Å². The number of halogens is 1. The molecular weight excluding hydrogens is 406 g/mol. The van der Waals surface area contributed by atoms with E-state index in [1.54, 1.807) is 12.1 Å². The fourth-order valence-corrected chi connectivity index (χ4v) is 4.40. The first-order valence-electron chi connectivity index (χ1n) is 8.56. The lowest BCUT2D eigenvalue weighted by Gasteiger charge is -2.27. The van der Waals surface area contributed by atoms with Gasteiger partial charge in [0.2, 0.25) is 10.0 Å². The summed E-state index contributed by atoms with van der Waals surface area (Å²) in [7, 11) is -2.64. The minimum absolute atomic E-state index is 0.0615. The molecule has 0 radical (unpaired) electrons. The van der Waals surface area contributed by atoms with E-state index < -0.39 is 16.0 Å². The molecule has 28 heavy (non-hydrogen) atoms. The predicted molar refractivity (Wildman–Crippen MR) is 104 cm³/mol. The lowest BCUT2D eigenvalue weighted by atomic mass is 10.2. The first-order chi connectivity index (χ1) is 13.4. The zero-order valence-electron chi connectivity index (χ0n) is 15.2. The minimum atomic E-state index is -3.87. The minimum Gasteiger partial charge on any atom is -0.465 e. The van der Waals surface area contributed by atoms with E-state index in [-0.39, 0.29) is 29.4 Å². The molecule has 2 heterocycles. The van der Waals surface area contributed by atoms with Crippen LogP contribution in [-0.4, -0.2) is 57.1 Å². The molecule has 1 aromatic heterocycles. The van der Waals surface area contributed by atoms with Gasteiger partial charge in [0.05, 0.1) is 25.9 Å². The summed E-state index contributed by atoms with van der Waals surface area (Å²) in [4.78, 5) is 16.0. The molecule has 0 spiro atoms. The van der Waals surface area contributed by atoms with E-state index in [1.807, 2.05) is 12.1 Å². The SMILES string of the molecule is COC(=O)c1cnc(NCc2ccc(Cl)cc2)c(S(=O)(=O)N2CCOCC2)c1. The summed E-state index contributed by atoms with van der Waals surface area (Å²) in [5, 5.41) is 3.65. The number of sulfonamides is 1. The number of nitrogens with one attached hydrogen (secondary N) is 1. The van der Waals surface area contributed by atoms with Gasteiger partial charge in [-0.1, -0.05) is 23.7 Å². The van der Waals surface area contributed by atoms with Crippen LogP contribution in [0.5, 0.6) is 0 Å². The highest BCUT2D eigenvalue weighted by atomic mass is 35.5. The summed E-state index contributed by atoms with van der Waals surface area (Å²) < 4.78 is 37.5. The van der Waals surface area contributed by atoms with Gasteiger partial charge < -0.3 is 14.8 Å². The first kappa shape index (κ1) is 20.5. The van der Waals surface area contributed by atoms with Crippen LogP contribution in [0.15, 0.2) is 41.4 Å². The molecule has 0 amide bonds. The van der Waals surface area contributed by atoms with Crippen molar-refractivity contribution >= 4 is 33.4 Å². The zero-order chi connectivity index (χ0) is 20.1. The third-order valence-electron chi connectivity index (χ3n) is 4.23. The van der Waals surface area contributed by atoms with E-state index in [1.165, 1.54) is 23.7 Å². The number of anilines is 1. The highest BCUT2D eigenvalue weighted by molar-refractivity contribution is 7.89. The second kappa shape index (κ2) is 8.87. The van der Waals surface area contributed by atoms with Crippen molar-refractivity contribution in [2.75, 3.05) is 38.7 Å². The molecule has 150 valence electrons. The Bertz CT molecular complexity index is 944. The Morgan fingerprint density at radius 3 is 2.61 bits per heavy atom. The summed E-state index contributed by atoms with van der Waals surface area (Å²) >= 11 is 5.89. The van der Waals surface area contributed by atoms with Crippen molar-refractivity contribution in [3.63, 3.8) is 0 Å². The number of rotatable bonds is 6. The molecular formula is C18H20ClN3O5S. The molecule has 0 unspecified atom stereocenters. The van der Waals surface area contributed by atoms with E-state index >= 15 is 0 Å². The zero-order valence-corrected chi connectivity index (χ0v) is 16.8. The lowest BCUT2D eigenvalue weighted by molar-refractivity contribution is 0.0600. The molecule has 0 aliphatic carbocycles. The molecule has 0 bridgehead atoms. The largest absolute Gasteiger partial charge is 0.465 e. The number of ether oxygens (including phenoxy) is 2. The number of nitrogens with zero attached hydrogens (tertiary/aromatic N) is 2. The topological polar surface area (TPSA) is 97.8 Å². The molecule has 1 N–H and O–H groups in total. The molecule has 1 fully saturated rings. The maximum Gasteiger partial charge on any atom is 0.339 e. The number of hydrogen-bond acceptors (Lipinski definition) is 7. The van der Waals surface area contributed by atoms with E-state index in [2.05, 4.69) is 15.0 Å². The standard InChI is InChI=1S/C18H20ClN3O5S/c1-26-18(23)14-10-16(28(24,25)22-6-8-27-9-7-22)17(21-12-14)20-11-13-2-4-15(19)5-3-13/h2-5,10,12H,6-9,11H2,1H3,(H,20,21).